The first-order valence-electron chi connectivity index (χ1n) is 10.0. The molecular formula is C26H28Si. The van der Waals surface area contributed by atoms with E-state index in [0.717, 1.165) is 6.42 Å². The molecule has 27 heavy (non-hydrogen) atoms. The Morgan fingerprint density at radius 1 is 0.963 bits per heavy atom. The average Bonchev–Trinajstić information content (AvgIpc) is 3.17. The van der Waals surface area contributed by atoms with Gasteiger partial charge in [-0.2, -0.15) is 0 Å². The van der Waals surface area contributed by atoms with Crippen LogP contribution in [0.4, 0.5) is 0 Å². The van der Waals surface area contributed by atoms with Crippen molar-refractivity contribution >= 4 is 21.6 Å². The second-order valence-electron chi connectivity index (χ2n) is 7.85. The molecule has 2 atom stereocenters. The zero-order valence-corrected chi connectivity index (χ0v) is 18.3. The van der Waals surface area contributed by atoms with Crippen molar-refractivity contribution in [2.24, 2.45) is 0 Å². The molecule has 0 saturated heterocycles. The Labute approximate surface area is 166 Å². The Bertz CT molecular complexity index is 1000. The normalized spacial score (nSPS) is 21.2. The van der Waals surface area contributed by atoms with E-state index >= 15 is 0 Å². The molecule has 136 valence electrons. The summed E-state index contributed by atoms with van der Waals surface area (Å²) in [6, 6.07) is 15.7. The molecule has 0 aromatic heterocycles. The van der Waals surface area contributed by atoms with Crippen molar-refractivity contribution < 1.29 is 0 Å². The Kier molecular flexibility index (Phi) is 4.73. The van der Waals surface area contributed by atoms with Crippen LogP contribution in [0.3, 0.4) is 0 Å². The van der Waals surface area contributed by atoms with Gasteiger partial charge in [-0.25, -0.2) is 0 Å². The molecule has 0 radical (unpaired) electrons. The summed E-state index contributed by atoms with van der Waals surface area (Å²) in [5.41, 5.74) is 15.3. The van der Waals surface area contributed by atoms with Crippen LogP contribution in [0.25, 0.3) is 17.2 Å². The third-order valence-corrected chi connectivity index (χ3v) is 6.85. The van der Waals surface area contributed by atoms with E-state index in [-0.39, 0.29) is 0 Å². The van der Waals surface area contributed by atoms with Crippen LogP contribution >= 0.6 is 0 Å². The Balaban J connectivity index is 2.00. The summed E-state index contributed by atoms with van der Waals surface area (Å²) in [6.45, 7) is 9.21. The van der Waals surface area contributed by atoms with E-state index in [1.165, 1.54) is 50.1 Å². The van der Waals surface area contributed by atoms with E-state index in [4.69, 9.17) is 0 Å². The standard InChI is InChI=1S/C26H28Si/c1-5-19-13-16(2)25(18(19)4)23-12-11-22-17(3)21(15-27)14-24(22)26(23)20-9-7-6-8-10-20/h6-15,17,25H,5,27H2,1-4H3. The van der Waals surface area contributed by atoms with Gasteiger partial charge in [0.25, 0.3) is 0 Å². The Morgan fingerprint density at radius 2 is 1.67 bits per heavy atom. The predicted molar refractivity (Wildman–Crippen MR) is 122 cm³/mol. The molecule has 2 aromatic rings. The van der Waals surface area contributed by atoms with Crippen LogP contribution in [0.15, 0.2) is 70.8 Å². The van der Waals surface area contributed by atoms with Crippen molar-refractivity contribution in [1.82, 2.24) is 0 Å². The van der Waals surface area contributed by atoms with Crippen LogP contribution in [0.1, 0.15) is 62.6 Å². The van der Waals surface area contributed by atoms with Crippen LogP contribution in [-0.4, -0.2) is 15.5 Å². The molecule has 0 bridgehead atoms. The van der Waals surface area contributed by atoms with E-state index in [9.17, 15) is 0 Å². The minimum atomic E-state index is 0.403. The zero-order valence-electron chi connectivity index (χ0n) is 16.8. The van der Waals surface area contributed by atoms with Crippen molar-refractivity contribution in [2.75, 3.05) is 0 Å². The second kappa shape index (κ2) is 7.05. The largest absolute Gasteiger partial charge is 0.0846 e. The monoisotopic (exact) mass is 368 g/mol. The van der Waals surface area contributed by atoms with E-state index in [1.807, 2.05) is 9.85 Å². The van der Waals surface area contributed by atoms with Gasteiger partial charge in [0.15, 0.2) is 0 Å². The lowest BCUT2D eigenvalue weighted by atomic mass is 9.80. The highest BCUT2D eigenvalue weighted by molar-refractivity contribution is 6.34. The first-order valence-corrected chi connectivity index (χ1v) is 10.8. The molecule has 4 rings (SSSR count). The number of benzene rings is 2. The van der Waals surface area contributed by atoms with Gasteiger partial charge in [0.1, 0.15) is 0 Å². The Morgan fingerprint density at radius 3 is 2.30 bits per heavy atom. The minimum Gasteiger partial charge on any atom is -0.0846 e. The predicted octanol–water partition coefficient (Wildman–Crippen LogP) is 6.06. The van der Waals surface area contributed by atoms with Gasteiger partial charge in [-0.15, -0.1) is 0 Å². The fraction of sp³-hybridized carbons (Fsp3) is 0.269. The van der Waals surface area contributed by atoms with Crippen molar-refractivity contribution in [1.29, 1.82) is 0 Å². The first-order chi connectivity index (χ1) is 13.1. The summed E-state index contributed by atoms with van der Waals surface area (Å²) < 4.78 is 0. The van der Waals surface area contributed by atoms with Crippen molar-refractivity contribution in [2.45, 2.75) is 46.0 Å². The van der Waals surface area contributed by atoms with Gasteiger partial charge >= 0.3 is 0 Å². The second-order valence-corrected chi connectivity index (χ2v) is 8.26. The first kappa shape index (κ1) is 18.1. The van der Waals surface area contributed by atoms with Gasteiger partial charge < -0.3 is 0 Å². The Hall–Kier alpha value is -2.25. The number of hydrogen-bond acceptors (Lipinski definition) is 0. The molecule has 2 unspecified atom stereocenters. The molecule has 0 spiro atoms. The molecular weight excluding hydrogens is 340 g/mol. The maximum absolute atomic E-state index is 2.42. The molecule has 0 aliphatic heterocycles. The molecule has 0 fully saturated rings. The maximum Gasteiger partial charge on any atom is 0.0267 e. The number of rotatable bonds is 4. The van der Waals surface area contributed by atoms with Crippen LogP contribution in [-0.2, 0) is 0 Å². The van der Waals surface area contributed by atoms with E-state index in [1.54, 1.807) is 0 Å². The summed E-state index contributed by atoms with van der Waals surface area (Å²) in [4.78, 5) is 0. The third kappa shape index (κ3) is 2.85. The fourth-order valence-electron chi connectivity index (χ4n) is 4.92. The van der Waals surface area contributed by atoms with Gasteiger partial charge in [-0.3, -0.25) is 0 Å². The molecule has 0 saturated carbocycles. The lowest BCUT2D eigenvalue weighted by Gasteiger charge is -2.23. The van der Waals surface area contributed by atoms with Crippen molar-refractivity contribution in [3.63, 3.8) is 0 Å². The molecule has 2 aliphatic carbocycles. The molecule has 2 aromatic carbocycles. The van der Waals surface area contributed by atoms with Gasteiger partial charge in [0.05, 0.1) is 0 Å². The van der Waals surface area contributed by atoms with Crippen molar-refractivity contribution in [3.8, 4) is 11.1 Å². The van der Waals surface area contributed by atoms with Crippen LogP contribution in [0.2, 0.25) is 0 Å². The average molecular weight is 369 g/mol. The molecule has 0 amide bonds. The van der Waals surface area contributed by atoms with Crippen molar-refractivity contribution in [3.05, 3.63) is 87.5 Å². The lowest BCUT2D eigenvalue weighted by molar-refractivity contribution is 0.923. The van der Waals surface area contributed by atoms with E-state index < -0.39 is 0 Å². The maximum atomic E-state index is 2.42. The number of allylic oxidation sites excluding steroid dienone is 5. The highest BCUT2D eigenvalue weighted by atomic mass is 28.1. The van der Waals surface area contributed by atoms with Gasteiger partial charge in [-0.05, 0) is 69.1 Å². The molecule has 0 heterocycles. The van der Waals surface area contributed by atoms with E-state index in [2.05, 4.69) is 88.0 Å². The molecule has 1 heteroatoms. The summed E-state index contributed by atoms with van der Waals surface area (Å²) in [6.07, 6.45) is 5.94. The quantitative estimate of drug-likeness (QED) is 0.575. The molecule has 0 N–H and O–H groups in total. The lowest BCUT2D eigenvalue weighted by Crippen LogP contribution is -2.05. The summed E-state index contributed by atoms with van der Waals surface area (Å²) >= 11 is 0. The van der Waals surface area contributed by atoms with Gasteiger partial charge in [0.2, 0.25) is 0 Å². The van der Waals surface area contributed by atoms with Gasteiger partial charge in [0, 0.05) is 11.8 Å². The highest BCUT2D eigenvalue weighted by Gasteiger charge is 2.30. The smallest absolute Gasteiger partial charge is 0.0267 e. The zero-order chi connectivity index (χ0) is 19.1. The van der Waals surface area contributed by atoms with Gasteiger partial charge in [-0.1, -0.05) is 85.3 Å². The highest BCUT2D eigenvalue weighted by Crippen LogP contribution is 2.48. The number of hydrogen-bond donors (Lipinski definition) is 0. The third-order valence-electron chi connectivity index (χ3n) is 6.38. The summed E-state index contributed by atoms with van der Waals surface area (Å²) in [7, 11) is 1.94. The summed E-state index contributed by atoms with van der Waals surface area (Å²) in [5, 5.41) is 0. The number of fused-ring (bicyclic) bond motifs is 1. The minimum absolute atomic E-state index is 0.403. The van der Waals surface area contributed by atoms with Crippen LogP contribution in [0.5, 0.6) is 0 Å². The summed E-state index contributed by atoms with van der Waals surface area (Å²) in [5.74, 6) is 0.887. The molecule has 0 nitrogen and oxygen atoms in total. The van der Waals surface area contributed by atoms with E-state index in [0.29, 0.717) is 11.8 Å². The van der Waals surface area contributed by atoms with Crippen LogP contribution in [0, 0.1) is 0 Å². The fourth-order valence-corrected chi connectivity index (χ4v) is 5.39. The van der Waals surface area contributed by atoms with Crippen LogP contribution < -0.4 is 0 Å². The topological polar surface area (TPSA) is 0 Å². The SMILES string of the molecule is CCC1=C(C)C(c2ccc3c(c2-c2ccccc2)C=C(C=[SiH2])C3C)C(C)=C1. The molecule has 2 aliphatic rings.